The maximum atomic E-state index is 12.0. The fraction of sp³-hybridized carbons (Fsp3) is 0.364. The summed E-state index contributed by atoms with van der Waals surface area (Å²) in [6.45, 7) is 0.538. The third kappa shape index (κ3) is 3.04. The Kier molecular flexibility index (Phi) is 4.19. The van der Waals surface area contributed by atoms with Gasteiger partial charge in [-0.05, 0) is 18.2 Å². The highest BCUT2D eigenvalue weighted by Crippen LogP contribution is 2.23. The molecule has 1 aromatic rings. The molecule has 0 bridgehead atoms. The monoisotopic (exact) mass is 320 g/mol. The highest BCUT2D eigenvalue weighted by Gasteiger charge is 2.35. The van der Waals surface area contributed by atoms with Gasteiger partial charge in [-0.15, -0.1) is 0 Å². The van der Waals surface area contributed by atoms with Gasteiger partial charge in [0.25, 0.3) is 0 Å². The van der Waals surface area contributed by atoms with Gasteiger partial charge in [0.2, 0.25) is 0 Å². The molecule has 0 aliphatic carbocycles. The number of halogens is 1. The van der Waals surface area contributed by atoms with E-state index in [1.54, 1.807) is 0 Å². The fourth-order valence-corrected chi connectivity index (χ4v) is 3.19. The van der Waals surface area contributed by atoms with Gasteiger partial charge in [0.15, 0.2) is 0 Å². The number of nitrogens with zero attached hydrogens (tertiary/aromatic N) is 1. The molecule has 1 saturated heterocycles. The number of benzene rings is 1. The van der Waals surface area contributed by atoms with E-state index in [-0.39, 0.29) is 35.5 Å². The van der Waals surface area contributed by atoms with Crippen LogP contribution < -0.4 is 4.72 Å². The van der Waals surface area contributed by atoms with Gasteiger partial charge in [0.1, 0.15) is 0 Å². The van der Waals surface area contributed by atoms with Crippen molar-refractivity contribution in [2.24, 2.45) is 0 Å². The second kappa shape index (κ2) is 5.57. The number of rotatable bonds is 5. The number of nitrogens with one attached hydrogen (secondary N) is 1. The molecule has 0 saturated carbocycles. The average Bonchev–Trinajstić information content (AvgIpc) is 2.29. The molecule has 0 atom stereocenters. The number of anilines is 1. The number of ether oxygens (including phenoxy) is 1. The van der Waals surface area contributed by atoms with Crippen molar-refractivity contribution in [3.05, 3.63) is 28.8 Å². The molecule has 0 radical (unpaired) electrons. The summed E-state index contributed by atoms with van der Waals surface area (Å²) in [7, 11) is -2.19. The van der Waals surface area contributed by atoms with E-state index in [4.69, 9.17) is 21.4 Å². The van der Waals surface area contributed by atoms with Crippen LogP contribution in [0.15, 0.2) is 18.2 Å². The summed E-state index contributed by atoms with van der Waals surface area (Å²) >= 11 is 5.72. The van der Waals surface area contributed by atoms with Crippen molar-refractivity contribution in [1.29, 1.82) is 0 Å². The minimum atomic E-state index is -3.71. The number of aromatic carboxylic acids is 1. The quantitative estimate of drug-likeness (QED) is 0.844. The third-order valence-electron chi connectivity index (χ3n) is 2.93. The lowest BCUT2D eigenvalue weighted by atomic mass is 10.2. The molecule has 1 heterocycles. The van der Waals surface area contributed by atoms with E-state index < -0.39 is 16.2 Å². The van der Waals surface area contributed by atoms with E-state index in [2.05, 4.69) is 4.72 Å². The van der Waals surface area contributed by atoms with Gasteiger partial charge < -0.3 is 9.84 Å². The first kappa shape index (κ1) is 15.0. The molecule has 1 aliphatic rings. The molecule has 1 aliphatic heterocycles. The van der Waals surface area contributed by atoms with Crippen LogP contribution in [-0.2, 0) is 14.9 Å². The summed E-state index contributed by atoms with van der Waals surface area (Å²) < 4.78 is 32.5. The molecular formula is C11H13ClN2O5S. The van der Waals surface area contributed by atoms with E-state index in [9.17, 15) is 13.2 Å². The molecule has 7 nitrogen and oxygen atoms in total. The highest BCUT2D eigenvalue weighted by molar-refractivity contribution is 7.90. The van der Waals surface area contributed by atoms with Crippen molar-refractivity contribution in [3.8, 4) is 0 Å². The molecule has 0 amide bonds. The number of methoxy groups -OCH3 is 1. The first-order valence-corrected chi connectivity index (χ1v) is 7.49. The molecular weight excluding hydrogens is 308 g/mol. The molecule has 0 unspecified atom stereocenters. The zero-order valence-electron chi connectivity index (χ0n) is 10.5. The van der Waals surface area contributed by atoms with Crippen LogP contribution >= 0.6 is 11.6 Å². The first-order valence-electron chi connectivity index (χ1n) is 5.67. The van der Waals surface area contributed by atoms with Gasteiger partial charge in [-0.25, -0.2) is 4.79 Å². The van der Waals surface area contributed by atoms with Crippen LogP contribution in [0.3, 0.4) is 0 Å². The molecule has 0 spiro atoms. The number of hydrogen-bond donors (Lipinski definition) is 2. The number of carboxylic acids is 1. The molecule has 2 rings (SSSR count). The Morgan fingerprint density at radius 1 is 1.50 bits per heavy atom. The van der Waals surface area contributed by atoms with Crippen LogP contribution in [0.25, 0.3) is 0 Å². The Balaban J connectivity index is 2.14. The van der Waals surface area contributed by atoms with Crippen LogP contribution in [0.1, 0.15) is 10.4 Å². The van der Waals surface area contributed by atoms with E-state index >= 15 is 0 Å². The lowest BCUT2D eigenvalue weighted by Crippen LogP contribution is -2.55. The second-order valence-electron chi connectivity index (χ2n) is 4.28. The Bertz CT molecular complexity index is 628. The Morgan fingerprint density at radius 3 is 2.70 bits per heavy atom. The maximum Gasteiger partial charge on any atom is 0.337 e. The summed E-state index contributed by atoms with van der Waals surface area (Å²) in [4.78, 5) is 10.9. The zero-order chi connectivity index (χ0) is 14.9. The summed E-state index contributed by atoms with van der Waals surface area (Å²) in [5.74, 6) is -1.22. The van der Waals surface area contributed by atoms with Crippen molar-refractivity contribution in [2.45, 2.75) is 6.10 Å². The molecule has 20 heavy (non-hydrogen) atoms. The first-order chi connectivity index (χ1) is 9.33. The van der Waals surface area contributed by atoms with Gasteiger partial charge in [-0.1, -0.05) is 11.6 Å². The van der Waals surface area contributed by atoms with E-state index in [0.29, 0.717) is 0 Å². The van der Waals surface area contributed by atoms with E-state index in [1.165, 1.54) is 29.6 Å². The van der Waals surface area contributed by atoms with Crippen LogP contribution in [0.5, 0.6) is 0 Å². The average molecular weight is 321 g/mol. The van der Waals surface area contributed by atoms with Gasteiger partial charge in [0.05, 0.1) is 22.4 Å². The van der Waals surface area contributed by atoms with Crippen molar-refractivity contribution in [3.63, 3.8) is 0 Å². The van der Waals surface area contributed by atoms with Crippen molar-refractivity contribution < 1.29 is 23.1 Å². The number of carboxylic acid groups (broad SMARTS) is 1. The molecule has 0 aromatic heterocycles. The SMILES string of the molecule is COC1CN(S(=O)(=O)Nc2ccc(Cl)c(C(=O)O)c2)C1. The van der Waals surface area contributed by atoms with Crippen molar-refractivity contribution in [1.82, 2.24) is 4.31 Å². The standard InChI is InChI=1S/C11H13ClN2O5S/c1-19-8-5-14(6-8)20(17,18)13-7-2-3-10(12)9(4-7)11(15)16/h2-4,8,13H,5-6H2,1H3,(H,15,16). The van der Waals surface area contributed by atoms with Gasteiger partial charge in [-0.2, -0.15) is 12.7 Å². The summed E-state index contributed by atoms with van der Waals surface area (Å²) in [5.41, 5.74) is -0.0158. The number of hydrogen-bond acceptors (Lipinski definition) is 4. The second-order valence-corrected chi connectivity index (χ2v) is 6.36. The van der Waals surface area contributed by atoms with Crippen LogP contribution in [0, 0.1) is 0 Å². The molecule has 2 N–H and O–H groups in total. The molecule has 9 heteroatoms. The van der Waals surface area contributed by atoms with Gasteiger partial charge >= 0.3 is 16.2 Å². The minimum Gasteiger partial charge on any atom is -0.478 e. The van der Waals surface area contributed by atoms with Gasteiger partial charge in [0, 0.05) is 20.2 Å². The van der Waals surface area contributed by atoms with E-state index in [0.717, 1.165) is 0 Å². The fourth-order valence-electron chi connectivity index (χ4n) is 1.71. The Morgan fingerprint density at radius 2 is 2.15 bits per heavy atom. The normalized spacial score (nSPS) is 16.7. The summed E-state index contributed by atoms with van der Waals surface area (Å²) in [6, 6.07) is 3.91. The predicted octanol–water partition coefficient (Wildman–Crippen LogP) is 1.03. The Hall–Kier alpha value is -1.35. The van der Waals surface area contributed by atoms with Crippen LogP contribution in [-0.4, -0.2) is 50.1 Å². The number of carbonyl (C=O) groups is 1. The lowest BCUT2D eigenvalue weighted by Gasteiger charge is -2.36. The molecule has 1 fully saturated rings. The molecule has 110 valence electrons. The maximum absolute atomic E-state index is 12.0. The zero-order valence-corrected chi connectivity index (χ0v) is 12.1. The predicted molar refractivity (Wildman–Crippen MR) is 73.3 cm³/mol. The van der Waals surface area contributed by atoms with Gasteiger partial charge in [-0.3, -0.25) is 4.72 Å². The minimum absolute atomic E-state index is 0.0452. The van der Waals surface area contributed by atoms with Crippen molar-refractivity contribution >= 4 is 33.5 Å². The smallest absolute Gasteiger partial charge is 0.337 e. The summed E-state index contributed by atoms with van der Waals surface area (Å²) in [6.07, 6.45) is -0.105. The van der Waals surface area contributed by atoms with Crippen LogP contribution in [0.4, 0.5) is 5.69 Å². The van der Waals surface area contributed by atoms with Crippen LogP contribution in [0.2, 0.25) is 5.02 Å². The van der Waals surface area contributed by atoms with E-state index in [1.807, 2.05) is 0 Å². The summed E-state index contributed by atoms with van der Waals surface area (Å²) in [5, 5.41) is 8.98. The highest BCUT2D eigenvalue weighted by atomic mass is 35.5. The lowest BCUT2D eigenvalue weighted by molar-refractivity contribution is 0.0128. The Labute approximate surface area is 121 Å². The van der Waals surface area contributed by atoms with Crippen molar-refractivity contribution in [2.75, 3.05) is 24.9 Å². The third-order valence-corrected chi connectivity index (χ3v) is 4.73. The topological polar surface area (TPSA) is 95.9 Å². The molecule has 1 aromatic carbocycles. The largest absolute Gasteiger partial charge is 0.478 e.